The largest absolute Gasteiger partial charge is 0.393 e. The third-order valence-electron chi connectivity index (χ3n) is 4.63. The van der Waals surface area contributed by atoms with Crippen molar-refractivity contribution in [3.05, 3.63) is 0 Å². The number of hydrogen-bond donors (Lipinski definition) is 5. The predicted octanol–water partition coefficient (Wildman–Crippen LogP) is -1.10. The molecule has 0 aliphatic carbocycles. The van der Waals surface area contributed by atoms with Crippen molar-refractivity contribution in [3.63, 3.8) is 0 Å². The van der Waals surface area contributed by atoms with E-state index in [9.17, 15) is 25.5 Å². The van der Waals surface area contributed by atoms with Crippen LogP contribution >= 0.6 is 0 Å². The summed E-state index contributed by atoms with van der Waals surface area (Å²) in [6.07, 6.45) is -4.94. The van der Waals surface area contributed by atoms with Crippen LogP contribution in [0.25, 0.3) is 0 Å². The minimum absolute atomic E-state index is 0.143. The van der Waals surface area contributed by atoms with E-state index in [1.54, 1.807) is 0 Å². The standard InChI is InChI=1S/C16H30O8/c1-2-3-4-12-15(10(18)7-9(17)5-6-22-12)24-16-14(21)13(20)11(19)8-23-16/h9-21H,2-8H2,1H3. The van der Waals surface area contributed by atoms with E-state index < -0.39 is 49.0 Å². The first-order valence-electron chi connectivity index (χ1n) is 8.73. The van der Waals surface area contributed by atoms with Gasteiger partial charge < -0.3 is 39.7 Å². The second-order valence-electron chi connectivity index (χ2n) is 6.65. The van der Waals surface area contributed by atoms with Gasteiger partial charge in [-0.15, -0.1) is 0 Å². The van der Waals surface area contributed by atoms with Crippen LogP contribution in [0.15, 0.2) is 0 Å². The van der Waals surface area contributed by atoms with Gasteiger partial charge in [0, 0.05) is 13.0 Å². The van der Waals surface area contributed by atoms with Crippen molar-refractivity contribution in [3.8, 4) is 0 Å². The maximum atomic E-state index is 10.4. The predicted molar refractivity (Wildman–Crippen MR) is 83.1 cm³/mol. The molecule has 8 nitrogen and oxygen atoms in total. The highest BCUT2D eigenvalue weighted by molar-refractivity contribution is 4.87. The van der Waals surface area contributed by atoms with Gasteiger partial charge in [-0.1, -0.05) is 19.8 Å². The molecule has 0 radical (unpaired) electrons. The molecule has 0 aromatic carbocycles. The first-order valence-corrected chi connectivity index (χ1v) is 8.73. The van der Waals surface area contributed by atoms with Crippen LogP contribution in [-0.2, 0) is 14.2 Å². The van der Waals surface area contributed by atoms with Crippen molar-refractivity contribution in [1.29, 1.82) is 0 Å². The lowest BCUT2D eigenvalue weighted by atomic mass is 9.95. The smallest absolute Gasteiger partial charge is 0.186 e. The number of ether oxygens (including phenoxy) is 3. The van der Waals surface area contributed by atoms with E-state index in [4.69, 9.17) is 14.2 Å². The van der Waals surface area contributed by atoms with Crippen LogP contribution in [-0.4, -0.2) is 87.8 Å². The highest BCUT2D eigenvalue weighted by atomic mass is 16.7. The Kier molecular flexibility index (Phi) is 7.83. The minimum Gasteiger partial charge on any atom is -0.393 e. The zero-order valence-electron chi connectivity index (χ0n) is 14.0. The van der Waals surface area contributed by atoms with E-state index in [1.807, 2.05) is 6.92 Å². The molecule has 24 heavy (non-hydrogen) atoms. The Bertz CT molecular complexity index is 368. The van der Waals surface area contributed by atoms with Crippen molar-refractivity contribution >= 4 is 0 Å². The molecule has 0 saturated carbocycles. The molecule has 2 heterocycles. The van der Waals surface area contributed by atoms with E-state index in [1.165, 1.54) is 0 Å². The van der Waals surface area contributed by atoms with Gasteiger partial charge in [-0.3, -0.25) is 0 Å². The summed E-state index contributed by atoms with van der Waals surface area (Å²) < 4.78 is 16.8. The summed E-state index contributed by atoms with van der Waals surface area (Å²) in [6.45, 7) is 2.23. The average molecular weight is 350 g/mol. The van der Waals surface area contributed by atoms with Crippen molar-refractivity contribution in [2.24, 2.45) is 0 Å². The second-order valence-corrected chi connectivity index (χ2v) is 6.65. The monoisotopic (exact) mass is 350 g/mol. The van der Waals surface area contributed by atoms with E-state index in [2.05, 4.69) is 0 Å². The lowest BCUT2D eigenvalue weighted by molar-refractivity contribution is -0.303. The molecule has 0 aromatic heterocycles. The van der Waals surface area contributed by atoms with Crippen molar-refractivity contribution in [1.82, 2.24) is 0 Å². The number of hydrogen-bond acceptors (Lipinski definition) is 8. The molecule has 2 aliphatic heterocycles. The first kappa shape index (κ1) is 20.0. The Hall–Kier alpha value is -0.320. The van der Waals surface area contributed by atoms with Crippen LogP contribution in [0.1, 0.15) is 39.0 Å². The Morgan fingerprint density at radius 1 is 1.00 bits per heavy atom. The lowest BCUT2D eigenvalue weighted by Gasteiger charge is -2.40. The van der Waals surface area contributed by atoms with Gasteiger partial charge in [0.25, 0.3) is 0 Å². The second kappa shape index (κ2) is 9.40. The van der Waals surface area contributed by atoms with Gasteiger partial charge >= 0.3 is 0 Å². The van der Waals surface area contributed by atoms with E-state index in [0.29, 0.717) is 19.4 Å². The number of rotatable bonds is 5. The Morgan fingerprint density at radius 3 is 2.46 bits per heavy atom. The third-order valence-corrected chi connectivity index (χ3v) is 4.63. The van der Waals surface area contributed by atoms with Crippen LogP contribution in [0, 0.1) is 0 Å². The summed E-state index contributed by atoms with van der Waals surface area (Å²) in [4.78, 5) is 0. The van der Waals surface area contributed by atoms with Crippen LogP contribution in [0.4, 0.5) is 0 Å². The van der Waals surface area contributed by atoms with E-state index >= 15 is 0 Å². The number of unbranched alkanes of at least 4 members (excludes halogenated alkanes) is 1. The number of aliphatic hydroxyl groups excluding tert-OH is 5. The number of aliphatic hydroxyl groups is 5. The molecule has 0 bridgehead atoms. The molecular formula is C16H30O8. The fourth-order valence-electron chi connectivity index (χ4n) is 3.11. The zero-order valence-corrected chi connectivity index (χ0v) is 14.0. The van der Waals surface area contributed by atoms with Crippen LogP contribution < -0.4 is 0 Å². The molecule has 142 valence electrons. The molecule has 2 rings (SSSR count). The summed E-state index contributed by atoms with van der Waals surface area (Å²) in [7, 11) is 0. The van der Waals surface area contributed by atoms with Gasteiger partial charge in [0.2, 0.25) is 0 Å². The van der Waals surface area contributed by atoms with Gasteiger partial charge in [0.1, 0.15) is 24.4 Å². The van der Waals surface area contributed by atoms with Gasteiger partial charge in [-0.25, -0.2) is 0 Å². The Labute approximate surface area is 142 Å². The average Bonchev–Trinajstić information content (AvgIpc) is 2.54. The molecule has 5 N–H and O–H groups in total. The molecule has 2 saturated heterocycles. The quantitative estimate of drug-likeness (QED) is 0.423. The first-order chi connectivity index (χ1) is 11.4. The minimum atomic E-state index is -1.43. The highest BCUT2D eigenvalue weighted by Crippen LogP contribution is 2.26. The van der Waals surface area contributed by atoms with Gasteiger partial charge in [-0.05, 0) is 12.8 Å². The normalized spacial score (nSPS) is 44.8. The summed E-state index contributed by atoms with van der Waals surface area (Å²) in [5.41, 5.74) is 0. The molecule has 8 heteroatoms. The van der Waals surface area contributed by atoms with Crippen molar-refractivity contribution < 1.29 is 39.7 Å². The van der Waals surface area contributed by atoms with Crippen LogP contribution in [0.5, 0.6) is 0 Å². The lowest BCUT2D eigenvalue weighted by Crippen LogP contribution is -2.57. The highest BCUT2D eigenvalue weighted by Gasteiger charge is 2.42. The fourth-order valence-corrected chi connectivity index (χ4v) is 3.11. The van der Waals surface area contributed by atoms with Crippen LogP contribution in [0.2, 0.25) is 0 Å². The molecule has 8 atom stereocenters. The molecule has 8 unspecified atom stereocenters. The molecule has 0 spiro atoms. The molecule has 0 amide bonds. The van der Waals surface area contributed by atoms with Gasteiger partial charge in [0.15, 0.2) is 6.29 Å². The van der Waals surface area contributed by atoms with Crippen molar-refractivity contribution in [2.45, 2.75) is 88.0 Å². The maximum absolute atomic E-state index is 10.4. The molecule has 2 fully saturated rings. The fraction of sp³-hybridized carbons (Fsp3) is 1.00. The molecular weight excluding hydrogens is 320 g/mol. The maximum Gasteiger partial charge on any atom is 0.186 e. The summed E-state index contributed by atoms with van der Waals surface area (Å²) in [5, 5.41) is 49.6. The summed E-state index contributed by atoms with van der Waals surface area (Å²) in [6, 6.07) is 0. The molecule has 2 aliphatic rings. The third kappa shape index (κ3) is 5.09. The summed E-state index contributed by atoms with van der Waals surface area (Å²) >= 11 is 0. The SMILES string of the molecule is CCCCC1OCCC(O)CC(O)C1OC1OCC(O)C(O)C1O. The van der Waals surface area contributed by atoms with E-state index in [0.717, 1.165) is 12.8 Å². The Balaban J connectivity index is 2.07. The van der Waals surface area contributed by atoms with Gasteiger partial charge in [-0.2, -0.15) is 0 Å². The van der Waals surface area contributed by atoms with E-state index in [-0.39, 0.29) is 13.0 Å². The summed E-state index contributed by atoms with van der Waals surface area (Å²) in [5.74, 6) is 0. The zero-order chi connectivity index (χ0) is 17.7. The molecule has 0 aromatic rings. The van der Waals surface area contributed by atoms with Crippen molar-refractivity contribution in [2.75, 3.05) is 13.2 Å². The topological polar surface area (TPSA) is 129 Å². The Morgan fingerprint density at radius 2 is 1.75 bits per heavy atom. The van der Waals surface area contributed by atoms with Crippen LogP contribution in [0.3, 0.4) is 0 Å². The van der Waals surface area contributed by atoms with Gasteiger partial charge in [0.05, 0.1) is 24.9 Å².